The Labute approximate surface area is 575 Å². The van der Waals surface area contributed by atoms with Crippen LogP contribution in [0.3, 0.4) is 0 Å². The molecule has 0 saturated heterocycles. The van der Waals surface area contributed by atoms with Gasteiger partial charge in [-0.25, -0.2) is 9.13 Å². The maximum absolute atomic E-state index is 13.1. The minimum Gasteiger partial charge on any atom is -0.462 e. The second kappa shape index (κ2) is 66.9. The van der Waals surface area contributed by atoms with Crippen molar-refractivity contribution in [3.05, 3.63) is 0 Å². The highest BCUT2D eigenvalue weighted by Gasteiger charge is 2.30. The maximum atomic E-state index is 13.1. The van der Waals surface area contributed by atoms with Crippen molar-refractivity contribution in [3.8, 4) is 0 Å². The zero-order valence-electron chi connectivity index (χ0n) is 61.3. The summed E-state index contributed by atoms with van der Waals surface area (Å²) in [7, 11) is -9.90. The largest absolute Gasteiger partial charge is 0.472 e. The summed E-state index contributed by atoms with van der Waals surface area (Å²) < 4.78 is 68.3. The van der Waals surface area contributed by atoms with E-state index in [4.69, 9.17) is 37.0 Å². The van der Waals surface area contributed by atoms with E-state index in [0.717, 1.165) is 115 Å². The van der Waals surface area contributed by atoms with Gasteiger partial charge in [-0.3, -0.25) is 37.3 Å². The van der Waals surface area contributed by atoms with Gasteiger partial charge >= 0.3 is 39.5 Å². The maximum Gasteiger partial charge on any atom is 0.472 e. The number of hydrogen-bond acceptors (Lipinski definition) is 15. The van der Waals surface area contributed by atoms with Gasteiger partial charge in [0.2, 0.25) is 0 Å². The van der Waals surface area contributed by atoms with Crippen molar-refractivity contribution in [1.82, 2.24) is 0 Å². The van der Waals surface area contributed by atoms with E-state index in [0.29, 0.717) is 25.7 Å². The highest BCUT2D eigenvalue weighted by atomic mass is 31.2. The van der Waals surface area contributed by atoms with Gasteiger partial charge in [0.15, 0.2) is 12.2 Å². The molecule has 17 nitrogen and oxygen atoms in total. The Bertz CT molecular complexity index is 1820. The molecule has 0 aliphatic carbocycles. The zero-order chi connectivity index (χ0) is 69.3. The number of aliphatic hydroxyl groups is 1. The average Bonchev–Trinajstić information content (AvgIpc) is 1.23. The Morgan fingerprint density at radius 1 is 0.287 bits per heavy atom. The van der Waals surface area contributed by atoms with Crippen molar-refractivity contribution >= 4 is 39.5 Å². The SMILES string of the molecule is CCCCCCCCCCCC(=O)O[C@H](COC(=O)CCCCCCCCC)COP(=O)(O)OC[C@H](O)COP(=O)(O)OC[C@@H](COC(=O)CCCCCCCCCCCCCCCCC(C)C)OC(=O)CCCCCCCCCCCCCCCCCCCCC(C)C. The number of hydrogen-bond donors (Lipinski definition) is 3. The quantitative estimate of drug-likeness (QED) is 0.0222. The smallest absolute Gasteiger partial charge is 0.462 e. The first-order valence-corrected chi connectivity index (χ1v) is 42.0. The third kappa shape index (κ3) is 68.6. The molecule has 0 aliphatic rings. The first-order valence-electron chi connectivity index (χ1n) is 39.0. The second-order valence-corrected chi connectivity index (χ2v) is 30.9. The van der Waals surface area contributed by atoms with Gasteiger partial charge in [0.25, 0.3) is 0 Å². The molecule has 0 bridgehead atoms. The second-order valence-electron chi connectivity index (χ2n) is 28.0. The molecule has 0 aromatic carbocycles. The molecular weight excluding hydrogens is 1230 g/mol. The lowest BCUT2D eigenvalue weighted by Crippen LogP contribution is -2.30. The summed E-state index contributed by atoms with van der Waals surface area (Å²) in [4.78, 5) is 72.5. The van der Waals surface area contributed by atoms with Gasteiger partial charge in [-0.15, -0.1) is 0 Å². The normalized spacial score (nSPS) is 14.0. The fourth-order valence-electron chi connectivity index (χ4n) is 11.5. The number of phosphoric ester groups is 2. The lowest BCUT2D eigenvalue weighted by Gasteiger charge is -2.21. The number of aliphatic hydroxyl groups excluding tert-OH is 1. The van der Waals surface area contributed by atoms with Gasteiger partial charge in [-0.1, -0.05) is 337 Å². The topological polar surface area (TPSA) is 237 Å². The molecule has 0 heterocycles. The van der Waals surface area contributed by atoms with Crippen LogP contribution in [0.1, 0.15) is 388 Å². The highest BCUT2D eigenvalue weighted by molar-refractivity contribution is 7.47. The summed E-state index contributed by atoms with van der Waals surface area (Å²) in [5.74, 6) is -0.504. The summed E-state index contributed by atoms with van der Waals surface area (Å²) >= 11 is 0. The van der Waals surface area contributed by atoms with E-state index in [1.54, 1.807) is 0 Å². The average molecular weight is 1380 g/mol. The molecule has 0 spiro atoms. The highest BCUT2D eigenvalue weighted by Crippen LogP contribution is 2.45. The van der Waals surface area contributed by atoms with Crippen LogP contribution in [0, 0.1) is 11.8 Å². The molecular formula is C75H146O17P2. The van der Waals surface area contributed by atoms with Gasteiger partial charge in [0.05, 0.1) is 26.4 Å². The van der Waals surface area contributed by atoms with Gasteiger partial charge in [-0.2, -0.15) is 0 Å². The fourth-order valence-corrected chi connectivity index (χ4v) is 13.1. The predicted molar refractivity (Wildman–Crippen MR) is 381 cm³/mol. The Morgan fingerprint density at radius 3 is 0.723 bits per heavy atom. The van der Waals surface area contributed by atoms with E-state index in [1.165, 1.54) is 193 Å². The van der Waals surface area contributed by atoms with E-state index in [9.17, 15) is 43.2 Å². The molecule has 0 amide bonds. The monoisotopic (exact) mass is 1380 g/mol. The first kappa shape index (κ1) is 92.1. The summed E-state index contributed by atoms with van der Waals surface area (Å²) in [5, 5.41) is 10.6. The number of esters is 4. The van der Waals surface area contributed by atoms with Crippen molar-refractivity contribution in [2.24, 2.45) is 11.8 Å². The van der Waals surface area contributed by atoms with Crippen LogP contribution in [0.15, 0.2) is 0 Å². The summed E-state index contributed by atoms with van der Waals surface area (Å²) in [6.45, 7) is 9.59. The summed E-state index contributed by atoms with van der Waals surface area (Å²) in [5.41, 5.74) is 0. The minimum atomic E-state index is -4.95. The van der Waals surface area contributed by atoms with E-state index >= 15 is 0 Å². The molecule has 558 valence electrons. The van der Waals surface area contributed by atoms with Crippen LogP contribution in [-0.2, 0) is 65.4 Å². The number of carbonyl (C=O) groups is 4. The lowest BCUT2D eigenvalue weighted by atomic mass is 10.0. The first-order chi connectivity index (χ1) is 45.4. The molecule has 2 unspecified atom stereocenters. The van der Waals surface area contributed by atoms with Crippen LogP contribution < -0.4 is 0 Å². The van der Waals surface area contributed by atoms with E-state index < -0.39 is 97.5 Å². The molecule has 0 aromatic heterocycles. The molecule has 0 fully saturated rings. The fraction of sp³-hybridized carbons (Fsp3) is 0.947. The van der Waals surface area contributed by atoms with Gasteiger partial charge < -0.3 is 33.8 Å². The van der Waals surface area contributed by atoms with Crippen LogP contribution in [0.2, 0.25) is 0 Å². The molecule has 0 rings (SSSR count). The number of phosphoric acid groups is 2. The third-order valence-electron chi connectivity index (χ3n) is 17.5. The number of unbranched alkanes of at least 4 members (excludes halogenated alkanes) is 44. The van der Waals surface area contributed by atoms with Crippen molar-refractivity contribution in [2.75, 3.05) is 39.6 Å². The Balaban J connectivity index is 5.14. The van der Waals surface area contributed by atoms with Gasteiger partial charge in [0, 0.05) is 25.7 Å². The van der Waals surface area contributed by atoms with Gasteiger partial charge in [-0.05, 0) is 37.5 Å². The van der Waals surface area contributed by atoms with Crippen molar-refractivity contribution in [1.29, 1.82) is 0 Å². The Morgan fingerprint density at radius 2 is 0.489 bits per heavy atom. The van der Waals surface area contributed by atoms with Crippen molar-refractivity contribution < 1.29 is 80.2 Å². The molecule has 3 N–H and O–H groups in total. The number of rotatable bonds is 74. The lowest BCUT2D eigenvalue weighted by molar-refractivity contribution is -0.161. The Kier molecular flexibility index (Phi) is 65.5. The van der Waals surface area contributed by atoms with Crippen molar-refractivity contribution in [2.45, 2.75) is 407 Å². The van der Waals surface area contributed by atoms with E-state index in [-0.39, 0.29) is 25.7 Å². The number of ether oxygens (including phenoxy) is 4. The van der Waals surface area contributed by atoms with E-state index in [1.807, 2.05) is 0 Å². The van der Waals surface area contributed by atoms with Crippen LogP contribution in [0.4, 0.5) is 0 Å². The molecule has 19 heteroatoms. The van der Waals surface area contributed by atoms with Gasteiger partial charge in [0.1, 0.15) is 19.3 Å². The standard InChI is InChI=1S/C75H146O17P2/c1-7-9-11-13-15-32-41-47-53-59-74(79)91-70(63-85-72(77)57-51-45-37-14-12-10-8-2)65-89-93(81,82)87-61-69(76)62-88-94(83,84)90-66-71(64-86-73(78)58-52-46-40-35-30-26-23-22-25-29-34-39-44-50-56-68(5)6)92-75(80)60-54-48-42-36-31-27-21-19-17-16-18-20-24-28-33-38-43-49-55-67(3)4/h67-71,76H,7-66H2,1-6H3,(H,81,82)(H,83,84)/t69-,70+,71+/m0/s1. The van der Waals surface area contributed by atoms with Crippen LogP contribution in [0.25, 0.3) is 0 Å². The molecule has 0 radical (unpaired) electrons. The molecule has 0 aliphatic heterocycles. The predicted octanol–water partition coefficient (Wildman–Crippen LogP) is 21.9. The van der Waals surface area contributed by atoms with Crippen LogP contribution in [-0.4, -0.2) is 96.7 Å². The molecule has 94 heavy (non-hydrogen) atoms. The summed E-state index contributed by atoms with van der Waals surface area (Å²) in [6.07, 6.45) is 54.4. The zero-order valence-corrected chi connectivity index (χ0v) is 63.1. The third-order valence-corrected chi connectivity index (χ3v) is 19.4. The van der Waals surface area contributed by atoms with Crippen molar-refractivity contribution in [3.63, 3.8) is 0 Å². The molecule has 0 aromatic rings. The minimum absolute atomic E-state index is 0.106. The Hall–Kier alpha value is -1.94. The van der Waals surface area contributed by atoms with Crippen LogP contribution in [0.5, 0.6) is 0 Å². The van der Waals surface area contributed by atoms with E-state index in [2.05, 4.69) is 41.5 Å². The summed E-state index contributed by atoms with van der Waals surface area (Å²) in [6, 6.07) is 0. The molecule has 5 atom stereocenters. The molecule has 0 saturated carbocycles. The van der Waals surface area contributed by atoms with Crippen LogP contribution >= 0.6 is 15.6 Å². The number of carbonyl (C=O) groups excluding carboxylic acids is 4.